The van der Waals surface area contributed by atoms with Gasteiger partial charge < -0.3 is 10.5 Å². The van der Waals surface area contributed by atoms with Crippen molar-refractivity contribution >= 4 is 11.5 Å². The monoisotopic (exact) mass is 546 g/mol. The smallest absolute Gasteiger partial charge is 0.132 e. The first-order valence-corrected chi connectivity index (χ1v) is 14.5. The number of nitrogens with zero attached hydrogens (tertiary/aromatic N) is 4. The van der Waals surface area contributed by atoms with Gasteiger partial charge in [-0.1, -0.05) is 24.3 Å². The molecule has 41 heavy (non-hydrogen) atoms. The Hall–Kier alpha value is -3.94. The second kappa shape index (κ2) is 11.5. The Morgan fingerprint density at radius 2 is 1.76 bits per heavy atom. The van der Waals surface area contributed by atoms with E-state index in [4.69, 9.17) is 15.9 Å². The number of aromatic nitrogens is 3. The van der Waals surface area contributed by atoms with Crippen LogP contribution < -0.4 is 5.73 Å². The molecule has 3 atom stereocenters. The molecule has 3 unspecified atom stereocenters. The van der Waals surface area contributed by atoms with E-state index in [9.17, 15) is 0 Å². The van der Waals surface area contributed by atoms with Crippen LogP contribution in [-0.2, 0) is 17.6 Å². The summed E-state index contributed by atoms with van der Waals surface area (Å²) in [6.45, 7) is 5.20. The molecule has 0 bridgehead atoms. The van der Waals surface area contributed by atoms with Gasteiger partial charge in [-0.3, -0.25) is 20.3 Å². The van der Waals surface area contributed by atoms with Gasteiger partial charge in [-0.05, 0) is 92.5 Å². The molecule has 0 amide bonds. The van der Waals surface area contributed by atoms with Gasteiger partial charge >= 0.3 is 0 Å². The van der Waals surface area contributed by atoms with E-state index in [1.807, 2.05) is 43.5 Å². The lowest BCUT2D eigenvalue weighted by Gasteiger charge is -2.51. The van der Waals surface area contributed by atoms with E-state index in [1.165, 1.54) is 24.0 Å². The number of rotatable bonds is 7. The van der Waals surface area contributed by atoms with E-state index in [2.05, 4.69) is 45.0 Å². The quantitative estimate of drug-likeness (QED) is 0.222. The molecule has 2 aliphatic rings. The Labute approximate surface area is 242 Å². The maximum absolute atomic E-state index is 8.91. The number of pyridine rings is 3. The second-order valence-corrected chi connectivity index (χ2v) is 11.5. The fourth-order valence-corrected chi connectivity index (χ4v) is 6.67. The lowest BCUT2D eigenvalue weighted by Crippen LogP contribution is -2.60. The highest BCUT2D eigenvalue weighted by Gasteiger charge is 2.40. The third-order valence-electron chi connectivity index (χ3n) is 8.85. The summed E-state index contributed by atoms with van der Waals surface area (Å²) in [6, 6.07) is 18.3. The third kappa shape index (κ3) is 5.39. The van der Waals surface area contributed by atoms with Gasteiger partial charge in [0.1, 0.15) is 5.82 Å². The molecular weight excluding hydrogens is 508 g/mol. The summed E-state index contributed by atoms with van der Waals surface area (Å²) in [6.07, 6.45) is 11.1. The van der Waals surface area contributed by atoms with Crippen molar-refractivity contribution in [1.82, 2.24) is 19.9 Å². The van der Waals surface area contributed by atoms with Crippen LogP contribution >= 0.6 is 0 Å². The summed E-state index contributed by atoms with van der Waals surface area (Å²) < 4.78 is 5.49. The van der Waals surface area contributed by atoms with Crippen LogP contribution in [0.1, 0.15) is 54.1 Å². The average molecular weight is 547 g/mol. The van der Waals surface area contributed by atoms with Crippen molar-refractivity contribution in [3.63, 3.8) is 0 Å². The highest BCUT2D eigenvalue weighted by molar-refractivity contribution is 6.12. The van der Waals surface area contributed by atoms with Gasteiger partial charge in [0.05, 0.1) is 23.7 Å². The molecule has 3 N–H and O–H groups in total. The number of hydrogen-bond acceptors (Lipinski definition) is 7. The Morgan fingerprint density at radius 1 is 0.976 bits per heavy atom. The van der Waals surface area contributed by atoms with Gasteiger partial charge in [0, 0.05) is 60.5 Å². The normalized spacial score (nSPS) is 20.6. The van der Waals surface area contributed by atoms with Crippen LogP contribution in [0.15, 0.2) is 67.1 Å². The van der Waals surface area contributed by atoms with Crippen LogP contribution in [0.25, 0.3) is 22.4 Å². The van der Waals surface area contributed by atoms with Gasteiger partial charge in [0.15, 0.2) is 0 Å². The summed E-state index contributed by atoms with van der Waals surface area (Å²) in [5, 5.41) is 8.91. The zero-order valence-corrected chi connectivity index (χ0v) is 24.1. The summed E-state index contributed by atoms with van der Waals surface area (Å²) in [7, 11) is 1.81. The zero-order valence-electron chi connectivity index (χ0n) is 24.1. The van der Waals surface area contributed by atoms with Gasteiger partial charge in [-0.25, -0.2) is 4.98 Å². The Balaban J connectivity index is 1.21. The third-order valence-corrected chi connectivity index (χ3v) is 8.85. The molecule has 1 aliphatic heterocycles. The van der Waals surface area contributed by atoms with Crippen LogP contribution in [0, 0.1) is 12.3 Å². The van der Waals surface area contributed by atoms with Crippen molar-refractivity contribution in [2.45, 2.75) is 64.1 Å². The molecule has 1 fully saturated rings. The van der Waals surface area contributed by atoms with Crippen molar-refractivity contribution in [3.8, 4) is 22.4 Å². The lowest BCUT2D eigenvalue weighted by molar-refractivity contribution is -0.0550. The van der Waals surface area contributed by atoms with Crippen LogP contribution in [-0.4, -0.2) is 57.4 Å². The number of hydrogen-bond donors (Lipinski definition) is 2. The topological polar surface area (TPSA) is 101 Å². The SMILES string of the molecule is COCC1CC(C)N1C1CCc2ccc(-c3cnc(N)c(C(=N)c4ccc(-c5ncccc5C)cn4)c3)cc2CC1. The molecule has 3 aromatic heterocycles. The predicted octanol–water partition coefficient (Wildman–Crippen LogP) is 5.87. The first-order chi connectivity index (χ1) is 19.9. The van der Waals surface area contributed by atoms with Gasteiger partial charge in [0.2, 0.25) is 0 Å². The van der Waals surface area contributed by atoms with Crippen molar-refractivity contribution < 1.29 is 4.74 Å². The van der Waals surface area contributed by atoms with E-state index in [-0.39, 0.29) is 5.71 Å². The van der Waals surface area contributed by atoms with Gasteiger partial charge in [0.25, 0.3) is 0 Å². The van der Waals surface area contributed by atoms with E-state index in [1.54, 1.807) is 19.5 Å². The minimum absolute atomic E-state index is 0.257. The van der Waals surface area contributed by atoms with Crippen molar-refractivity contribution in [2.24, 2.45) is 0 Å². The Bertz CT molecular complexity index is 1560. The standard InChI is InChI=1S/C34H38N6O/c1-21-5-4-14-37-33(21)26-10-13-31(38-18-26)32(35)30-17-27(19-39-34(30)36)25-7-6-23-8-11-28(12-9-24(23)16-25)40-22(2)15-29(40)20-41-3/h4-7,10,13-14,16-19,22,28-29,35H,8-9,11-12,15,20H2,1-3H3,(H2,36,39). The zero-order chi connectivity index (χ0) is 28.5. The van der Waals surface area contributed by atoms with Gasteiger partial charge in [-0.15, -0.1) is 0 Å². The highest BCUT2D eigenvalue weighted by Crippen LogP contribution is 2.35. The van der Waals surface area contributed by atoms with Crippen LogP contribution in [0.2, 0.25) is 0 Å². The molecule has 4 aromatic rings. The molecule has 1 saturated heterocycles. The number of ether oxygens (including phenoxy) is 1. The Kier molecular flexibility index (Phi) is 7.65. The van der Waals surface area contributed by atoms with Crippen molar-refractivity contribution in [2.75, 3.05) is 19.5 Å². The number of aryl methyl sites for hydroxylation is 3. The lowest BCUT2D eigenvalue weighted by atomic mass is 9.89. The maximum Gasteiger partial charge on any atom is 0.132 e. The Morgan fingerprint density at radius 3 is 2.49 bits per heavy atom. The molecule has 6 rings (SSSR count). The fourth-order valence-electron chi connectivity index (χ4n) is 6.67. The number of likely N-dealkylation sites (tertiary alicyclic amines) is 1. The highest BCUT2D eigenvalue weighted by atomic mass is 16.5. The van der Waals surface area contributed by atoms with Crippen LogP contribution in [0.5, 0.6) is 0 Å². The minimum Gasteiger partial charge on any atom is -0.383 e. The van der Waals surface area contributed by atoms with Crippen LogP contribution in [0.4, 0.5) is 5.82 Å². The number of benzene rings is 1. The molecule has 0 saturated carbocycles. The largest absolute Gasteiger partial charge is 0.383 e. The fraction of sp³-hybridized carbons (Fsp3) is 0.353. The molecule has 0 spiro atoms. The number of methoxy groups -OCH3 is 1. The first kappa shape index (κ1) is 27.2. The summed E-state index contributed by atoms with van der Waals surface area (Å²) in [5.74, 6) is 0.331. The molecule has 4 heterocycles. The summed E-state index contributed by atoms with van der Waals surface area (Å²) in [5.41, 5.74) is 15.5. The molecule has 1 aliphatic carbocycles. The number of nitrogen functional groups attached to an aromatic ring is 1. The molecule has 1 aromatic carbocycles. The number of nitrogens with two attached hydrogens (primary N) is 1. The second-order valence-electron chi connectivity index (χ2n) is 11.5. The van der Waals surface area contributed by atoms with Crippen molar-refractivity contribution in [1.29, 1.82) is 5.41 Å². The number of fused-ring (bicyclic) bond motifs is 1. The van der Waals surface area contributed by atoms with E-state index in [0.29, 0.717) is 35.2 Å². The summed E-state index contributed by atoms with van der Waals surface area (Å²) in [4.78, 5) is 16.2. The van der Waals surface area contributed by atoms with E-state index in [0.717, 1.165) is 53.8 Å². The van der Waals surface area contributed by atoms with E-state index < -0.39 is 0 Å². The number of nitrogens with one attached hydrogen (secondary N) is 1. The van der Waals surface area contributed by atoms with Gasteiger partial charge in [-0.2, -0.15) is 0 Å². The van der Waals surface area contributed by atoms with Crippen LogP contribution in [0.3, 0.4) is 0 Å². The molecule has 7 nitrogen and oxygen atoms in total. The minimum atomic E-state index is 0.257. The number of anilines is 1. The maximum atomic E-state index is 8.91. The molecule has 7 heteroatoms. The van der Waals surface area contributed by atoms with Crippen molar-refractivity contribution in [3.05, 3.63) is 95.1 Å². The molecular formula is C34H38N6O. The average Bonchev–Trinajstić information content (AvgIpc) is 3.19. The van der Waals surface area contributed by atoms with E-state index >= 15 is 0 Å². The molecule has 0 radical (unpaired) electrons. The first-order valence-electron chi connectivity index (χ1n) is 14.5. The molecule has 210 valence electrons. The predicted molar refractivity (Wildman–Crippen MR) is 164 cm³/mol. The summed E-state index contributed by atoms with van der Waals surface area (Å²) >= 11 is 0.